The van der Waals surface area contributed by atoms with Crippen molar-refractivity contribution in [2.45, 2.75) is 13.5 Å². The Morgan fingerprint density at radius 3 is 2.45 bits per heavy atom. The van der Waals surface area contributed by atoms with Crippen molar-refractivity contribution in [3.63, 3.8) is 0 Å². The molecule has 0 N–H and O–H groups in total. The second-order valence-electron chi connectivity index (χ2n) is 5.21. The van der Waals surface area contributed by atoms with Crippen LogP contribution in [-0.4, -0.2) is 14.0 Å². The minimum Gasteiger partial charge on any atom is -0.293 e. The van der Waals surface area contributed by atoms with Crippen molar-refractivity contribution < 1.29 is 0 Å². The molecule has 22 heavy (non-hydrogen) atoms. The molecule has 0 aliphatic rings. The first-order valence-corrected chi connectivity index (χ1v) is 7.35. The molecule has 4 aromatic rings. The molecule has 0 aliphatic carbocycles. The summed E-state index contributed by atoms with van der Waals surface area (Å²) in [7, 11) is 0. The molecule has 0 bridgehead atoms. The second kappa shape index (κ2) is 4.84. The molecule has 4 rings (SSSR count). The van der Waals surface area contributed by atoms with Crippen LogP contribution in [0.3, 0.4) is 0 Å². The van der Waals surface area contributed by atoms with Gasteiger partial charge in [0, 0.05) is 17.5 Å². The zero-order chi connectivity index (χ0) is 15.1. The van der Waals surface area contributed by atoms with Crippen LogP contribution in [0.15, 0.2) is 65.6 Å². The van der Waals surface area contributed by atoms with Crippen molar-refractivity contribution >= 4 is 16.4 Å². The number of para-hydroxylation sites is 1. The van der Waals surface area contributed by atoms with E-state index in [0.717, 1.165) is 22.0 Å². The van der Waals surface area contributed by atoms with E-state index < -0.39 is 0 Å². The Balaban J connectivity index is 2.20. The van der Waals surface area contributed by atoms with Gasteiger partial charge in [-0.1, -0.05) is 48.5 Å². The van der Waals surface area contributed by atoms with Gasteiger partial charge in [0.2, 0.25) is 0 Å². The van der Waals surface area contributed by atoms with E-state index in [1.807, 2.05) is 61.5 Å². The Morgan fingerprint density at radius 1 is 0.955 bits per heavy atom. The Morgan fingerprint density at radius 2 is 1.68 bits per heavy atom. The van der Waals surface area contributed by atoms with Crippen LogP contribution < -0.4 is 5.69 Å². The van der Waals surface area contributed by atoms with Crippen LogP contribution in [0.1, 0.15) is 6.92 Å². The Labute approximate surface area is 127 Å². The summed E-state index contributed by atoms with van der Waals surface area (Å²) >= 11 is 0. The van der Waals surface area contributed by atoms with Gasteiger partial charge in [-0.3, -0.25) is 4.57 Å². The van der Waals surface area contributed by atoms with E-state index >= 15 is 0 Å². The van der Waals surface area contributed by atoms with E-state index in [1.54, 1.807) is 15.2 Å². The number of imidazole rings is 1. The fourth-order valence-corrected chi connectivity index (χ4v) is 2.98. The molecular weight excluding hydrogens is 274 g/mol. The van der Waals surface area contributed by atoms with E-state index in [9.17, 15) is 4.79 Å². The molecule has 108 valence electrons. The minimum absolute atomic E-state index is 0.0486. The first kappa shape index (κ1) is 12.8. The quantitative estimate of drug-likeness (QED) is 0.568. The van der Waals surface area contributed by atoms with Crippen LogP contribution in [-0.2, 0) is 6.54 Å². The van der Waals surface area contributed by atoms with E-state index in [2.05, 4.69) is 4.98 Å². The Hall–Kier alpha value is -2.88. The zero-order valence-electron chi connectivity index (χ0n) is 12.2. The van der Waals surface area contributed by atoms with Gasteiger partial charge in [0.1, 0.15) is 5.82 Å². The second-order valence-corrected chi connectivity index (χ2v) is 5.21. The van der Waals surface area contributed by atoms with Crippen molar-refractivity contribution in [2.75, 3.05) is 0 Å². The normalized spacial score (nSPS) is 11.3. The fourth-order valence-electron chi connectivity index (χ4n) is 2.98. The number of fused-ring (bicyclic) bond motifs is 3. The van der Waals surface area contributed by atoms with Gasteiger partial charge in [-0.05, 0) is 13.0 Å². The standard InChI is InChI=1S/C18H15N3O/c1-2-20-15-11-7-6-10-14(15)16-12-19-17(21(16)18(20)22)13-8-4-3-5-9-13/h3-12H,2H2,1H3. The third kappa shape index (κ3) is 1.70. The van der Waals surface area contributed by atoms with E-state index in [0.29, 0.717) is 12.4 Å². The average molecular weight is 289 g/mol. The van der Waals surface area contributed by atoms with Crippen LogP contribution in [0.25, 0.3) is 27.8 Å². The lowest BCUT2D eigenvalue weighted by atomic mass is 10.2. The lowest BCUT2D eigenvalue weighted by molar-refractivity contribution is 0.720. The largest absolute Gasteiger partial charge is 0.334 e. The van der Waals surface area contributed by atoms with Gasteiger partial charge < -0.3 is 0 Å². The maximum Gasteiger partial charge on any atom is 0.334 e. The molecule has 0 amide bonds. The molecule has 2 heterocycles. The SMILES string of the molecule is CCn1c(=O)n2c(-c3ccccc3)ncc2c2ccccc21. The number of aromatic nitrogens is 3. The number of hydrogen-bond donors (Lipinski definition) is 0. The van der Waals surface area contributed by atoms with Crippen LogP contribution in [0.2, 0.25) is 0 Å². The molecule has 4 nitrogen and oxygen atoms in total. The third-order valence-electron chi connectivity index (χ3n) is 4.00. The molecule has 0 unspecified atom stereocenters. The third-order valence-corrected chi connectivity index (χ3v) is 4.00. The smallest absolute Gasteiger partial charge is 0.293 e. The van der Waals surface area contributed by atoms with Gasteiger partial charge in [-0.15, -0.1) is 0 Å². The highest BCUT2D eigenvalue weighted by molar-refractivity contribution is 5.94. The summed E-state index contributed by atoms with van der Waals surface area (Å²) in [4.78, 5) is 17.4. The maximum absolute atomic E-state index is 12.9. The van der Waals surface area contributed by atoms with Crippen molar-refractivity contribution in [3.8, 4) is 11.4 Å². The minimum atomic E-state index is -0.0486. The fraction of sp³-hybridized carbons (Fsp3) is 0.111. The number of nitrogens with zero attached hydrogens (tertiary/aromatic N) is 3. The lowest BCUT2D eigenvalue weighted by Crippen LogP contribution is -2.26. The van der Waals surface area contributed by atoms with Crippen molar-refractivity contribution in [1.82, 2.24) is 14.0 Å². The first-order chi connectivity index (χ1) is 10.8. The molecule has 4 heteroatoms. The summed E-state index contributed by atoms with van der Waals surface area (Å²) < 4.78 is 3.50. The number of hydrogen-bond acceptors (Lipinski definition) is 2. The molecule has 0 saturated carbocycles. The van der Waals surface area contributed by atoms with Gasteiger partial charge in [0.25, 0.3) is 0 Å². The van der Waals surface area contributed by atoms with Gasteiger partial charge in [0.15, 0.2) is 0 Å². The van der Waals surface area contributed by atoms with Crippen LogP contribution >= 0.6 is 0 Å². The maximum atomic E-state index is 12.9. The Kier molecular flexibility index (Phi) is 2.82. The molecule has 0 aliphatic heterocycles. The summed E-state index contributed by atoms with van der Waals surface area (Å²) in [5.74, 6) is 0.688. The highest BCUT2D eigenvalue weighted by Crippen LogP contribution is 2.23. The van der Waals surface area contributed by atoms with Gasteiger partial charge in [-0.2, -0.15) is 0 Å². The molecule has 0 atom stereocenters. The summed E-state index contributed by atoms with van der Waals surface area (Å²) in [6, 6.07) is 17.8. The van der Waals surface area contributed by atoms with Crippen molar-refractivity contribution in [1.29, 1.82) is 0 Å². The van der Waals surface area contributed by atoms with Crippen molar-refractivity contribution in [3.05, 3.63) is 71.3 Å². The monoisotopic (exact) mass is 289 g/mol. The predicted molar refractivity (Wildman–Crippen MR) is 88.1 cm³/mol. The predicted octanol–water partition coefficient (Wildman–Crippen LogP) is 3.34. The first-order valence-electron chi connectivity index (χ1n) is 7.35. The summed E-state index contributed by atoms with van der Waals surface area (Å²) in [5.41, 5.74) is 2.69. The topological polar surface area (TPSA) is 39.3 Å². The van der Waals surface area contributed by atoms with Crippen LogP contribution in [0, 0.1) is 0 Å². The van der Waals surface area contributed by atoms with Crippen LogP contribution in [0.5, 0.6) is 0 Å². The highest BCUT2D eigenvalue weighted by atomic mass is 16.1. The summed E-state index contributed by atoms with van der Waals surface area (Å²) in [6.07, 6.45) is 1.78. The molecule has 0 spiro atoms. The van der Waals surface area contributed by atoms with Gasteiger partial charge >= 0.3 is 5.69 Å². The number of benzene rings is 2. The summed E-state index contributed by atoms with van der Waals surface area (Å²) in [5, 5.41) is 1.04. The van der Waals surface area contributed by atoms with E-state index in [-0.39, 0.29) is 5.69 Å². The zero-order valence-corrected chi connectivity index (χ0v) is 12.2. The van der Waals surface area contributed by atoms with E-state index in [1.165, 1.54) is 0 Å². The highest BCUT2D eigenvalue weighted by Gasteiger charge is 2.14. The molecule has 0 radical (unpaired) electrons. The molecular formula is C18H15N3O. The van der Waals surface area contributed by atoms with Gasteiger partial charge in [0.05, 0.1) is 17.2 Å². The van der Waals surface area contributed by atoms with Gasteiger partial charge in [-0.25, -0.2) is 14.2 Å². The van der Waals surface area contributed by atoms with Crippen LogP contribution in [0.4, 0.5) is 0 Å². The summed E-state index contributed by atoms with van der Waals surface area (Å²) in [6.45, 7) is 2.61. The van der Waals surface area contributed by atoms with Crippen molar-refractivity contribution in [2.24, 2.45) is 0 Å². The Bertz CT molecular complexity index is 1030. The lowest BCUT2D eigenvalue weighted by Gasteiger charge is -2.10. The average Bonchev–Trinajstić information content (AvgIpc) is 3.02. The molecule has 0 fully saturated rings. The molecule has 0 saturated heterocycles. The van der Waals surface area contributed by atoms with E-state index in [4.69, 9.17) is 0 Å². The number of aryl methyl sites for hydroxylation is 1. The number of rotatable bonds is 2. The molecule has 2 aromatic heterocycles. The molecule has 2 aromatic carbocycles.